The SMILES string of the molecule is CCN=C(N)Nc1nc(-c2ccc(Cl)cc2)cs1. The number of aliphatic imine (C=N–C) groups is 1. The second kappa shape index (κ2) is 5.84. The molecule has 1 aromatic carbocycles. The van der Waals surface area contributed by atoms with Crippen LogP contribution in [-0.2, 0) is 0 Å². The zero-order valence-electron chi connectivity index (χ0n) is 9.85. The van der Waals surface area contributed by atoms with Crippen LogP contribution in [0, 0.1) is 0 Å². The second-order valence-corrected chi connectivity index (χ2v) is 4.82. The Morgan fingerprint density at radius 2 is 2.17 bits per heavy atom. The van der Waals surface area contributed by atoms with Gasteiger partial charge in [0, 0.05) is 22.5 Å². The number of benzene rings is 1. The molecule has 0 aliphatic rings. The molecule has 0 unspecified atom stereocenters. The van der Waals surface area contributed by atoms with E-state index < -0.39 is 0 Å². The molecule has 6 heteroatoms. The number of thiazole rings is 1. The number of rotatable bonds is 3. The standard InChI is InChI=1S/C12H13ClN4S/c1-2-15-11(14)17-12-16-10(7-18-12)8-3-5-9(13)6-4-8/h3-7H,2H2,1H3,(H3,14,15,16,17). The molecule has 0 aliphatic carbocycles. The van der Waals surface area contributed by atoms with E-state index in [9.17, 15) is 0 Å². The number of halogens is 1. The molecule has 1 aromatic heterocycles. The molecule has 0 radical (unpaired) electrons. The van der Waals surface area contributed by atoms with Gasteiger partial charge in [-0.2, -0.15) is 0 Å². The molecule has 1 heterocycles. The monoisotopic (exact) mass is 280 g/mol. The zero-order chi connectivity index (χ0) is 13.0. The van der Waals surface area contributed by atoms with Crippen LogP contribution in [0.4, 0.5) is 5.13 Å². The maximum atomic E-state index is 5.85. The second-order valence-electron chi connectivity index (χ2n) is 3.53. The number of nitrogens with one attached hydrogen (secondary N) is 1. The fraction of sp³-hybridized carbons (Fsp3) is 0.167. The van der Waals surface area contributed by atoms with Crippen LogP contribution in [0.2, 0.25) is 5.02 Å². The smallest absolute Gasteiger partial charge is 0.194 e. The fourth-order valence-corrected chi connectivity index (χ4v) is 2.26. The minimum atomic E-state index is 0.384. The summed E-state index contributed by atoms with van der Waals surface area (Å²) >= 11 is 7.33. The first-order valence-electron chi connectivity index (χ1n) is 5.47. The van der Waals surface area contributed by atoms with Crippen molar-refractivity contribution in [2.75, 3.05) is 11.9 Å². The van der Waals surface area contributed by atoms with E-state index in [2.05, 4.69) is 15.3 Å². The predicted octanol–water partition coefficient (Wildman–Crippen LogP) is 3.21. The Kier molecular flexibility index (Phi) is 4.17. The summed E-state index contributed by atoms with van der Waals surface area (Å²) in [4.78, 5) is 8.48. The third kappa shape index (κ3) is 3.21. The molecule has 0 saturated heterocycles. The lowest BCUT2D eigenvalue weighted by atomic mass is 10.2. The summed E-state index contributed by atoms with van der Waals surface area (Å²) in [6.07, 6.45) is 0. The van der Waals surface area contributed by atoms with Crippen LogP contribution >= 0.6 is 22.9 Å². The van der Waals surface area contributed by atoms with Crippen molar-refractivity contribution < 1.29 is 0 Å². The van der Waals surface area contributed by atoms with Crippen molar-refractivity contribution in [3.05, 3.63) is 34.7 Å². The van der Waals surface area contributed by atoms with Crippen molar-refractivity contribution in [1.29, 1.82) is 0 Å². The van der Waals surface area contributed by atoms with E-state index in [1.165, 1.54) is 11.3 Å². The lowest BCUT2D eigenvalue weighted by Gasteiger charge is -2.00. The Labute approximate surface area is 115 Å². The number of nitrogens with two attached hydrogens (primary N) is 1. The van der Waals surface area contributed by atoms with Gasteiger partial charge in [-0.1, -0.05) is 23.7 Å². The van der Waals surface area contributed by atoms with Gasteiger partial charge in [0.05, 0.1) is 5.69 Å². The summed E-state index contributed by atoms with van der Waals surface area (Å²) in [7, 11) is 0. The van der Waals surface area contributed by atoms with Crippen LogP contribution in [0.15, 0.2) is 34.6 Å². The minimum absolute atomic E-state index is 0.384. The van der Waals surface area contributed by atoms with Crippen LogP contribution in [0.25, 0.3) is 11.3 Å². The van der Waals surface area contributed by atoms with E-state index in [4.69, 9.17) is 17.3 Å². The largest absolute Gasteiger partial charge is 0.370 e. The molecule has 0 saturated carbocycles. The van der Waals surface area contributed by atoms with E-state index in [-0.39, 0.29) is 0 Å². The van der Waals surface area contributed by atoms with Gasteiger partial charge in [0.25, 0.3) is 0 Å². The highest BCUT2D eigenvalue weighted by Crippen LogP contribution is 2.25. The zero-order valence-corrected chi connectivity index (χ0v) is 11.4. The molecule has 0 atom stereocenters. The fourth-order valence-electron chi connectivity index (χ4n) is 1.40. The van der Waals surface area contributed by atoms with Crippen LogP contribution in [0.3, 0.4) is 0 Å². The first-order chi connectivity index (χ1) is 8.69. The van der Waals surface area contributed by atoms with Crippen molar-refractivity contribution in [2.24, 2.45) is 10.7 Å². The topological polar surface area (TPSA) is 63.3 Å². The van der Waals surface area contributed by atoms with Crippen molar-refractivity contribution >= 4 is 34.0 Å². The van der Waals surface area contributed by atoms with E-state index in [1.807, 2.05) is 36.6 Å². The molecule has 18 heavy (non-hydrogen) atoms. The number of guanidine groups is 1. The van der Waals surface area contributed by atoms with Gasteiger partial charge < -0.3 is 11.1 Å². The number of hydrogen-bond acceptors (Lipinski definition) is 3. The quantitative estimate of drug-likeness (QED) is 0.670. The lowest BCUT2D eigenvalue weighted by molar-refractivity contribution is 1.12. The summed E-state index contributed by atoms with van der Waals surface area (Å²) in [6.45, 7) is 2.57. The van der Waals surface area contributed by atoms with E-state index in [0.29, 0.717) is 17.5 Å². The normalized spacial score (nSPS) is 11.6. The van der Waals surface area contributed by atoms with Gasteiger partial charge >= 0.3 is 0 Å². The molecular formula is C12H13ClN4S. The molecule has 2 rings (SSSR count). The molecule has 94 valence electrons. The molecule has 0 bridgehead atoms. The maximum absolute atomic E-state index is 5.85. The van der Waals surface area contributed by atoms with Gasteiger partial charge in [-0.05, 0) is 19.1 Å². The molecule has 0 aliphatic heterocycles. The average Bonchev–Trinajstić information content (AvgIpc) is 2.78. The molecule has 0 amide bonds. The number of anilines is 1. The van der Waals surface area contributed by atoms with E-state index >= 15 is 0 Å². The molecule has 3 N–H and O–H groups in total. The van der Waals surface area contributed by atoms with Crippen molar-refractivity contribution in [2.45, 2.75) is 6.92 Å². The maximum Gasteiger partial charge on any atom is 0.194 e. The highest BCUT2D eigenvalue weighted by atomic mass is 35.5. The molecule has 4 nitrogen and oxygen atoms in total. The molecule has 2 aromatic rings. The highest BCUT2D eigenvalue weighted by Gasteiger charge is 2.05. The predicted molar refractivity (Wildman–Crippen MR) is 78.3 cm³/mol. The van der Waals surface area contributed by atoms with Crippen LogP contribution in [0.1, 0.15) is 6.92 Å². The third-order valence-electron chi connectivity index (χ3n) is 2.21. The number of aromatic nitrogens is 1. The van der Waals surface area contributed by atoms with Crippen molar-refractivity contribution in [1.82, 2.24) is 4.98 Å². The van der Waals surface area contributed by atoms with Crippen LogP contribution in [-0.4, -0.2) is 17.5 Å². The average molecular weight is 281 g/mol. The summed E-state index contributed by atoms with van der Waals surface area (Å²) in [5, 5.41) is 6.36. The van der Waals surface area contributed by atoms with E-state index in [0.717, 1.165) is 16.4 Å². The summed E-state index contributed by atoms with van der Waals surface area (Å²) < 4.78 is 0. The Morgan fingerprint density at radius 3 is 2.83 bits per heavy atom. The first-order valence-corrected chi connectivity index (χ1v) is 6.73. The van der Waals surface area contributed by atoms with Crippen molar-refractivity contribution in [3.63, 3.8) is 0 Å². The molecule has 0 spiro atoms. The van der Waals surface area contributed by atoms with Gasteiger partial charge in [0.15, 0.2) is 11.1 Å². The van der Waals surface area contributed by atoms with Crippen LogP contribution in [0.5, 0.6) is 0 Å². The Hall–Kier alpha value is -1.59. The third-order valence-corrected chi connectivity index (χ3v) is 3.22. The number of hydrogen-bond donors (Lipinski definition) is 2. The Bertz CT molecular complexity index is 547. The van der Waals surface area contributed by atoms with Crippen LogP contribution < -0.4 is 11.1 Å². The van der Waals surface area contributed by atoms with E-state index in [1.54, 1.807) is 0 Å². The summed E-state index contributed by atoms with van der Waals surface area (Å²) in [5.74, 6) is 0.384. The van der Waals surface area contributed by atoms with Crippen molar-refractivity contribution in [3.8, 4) is 11.3 Å². The highest BCUT2D eigenvalue weighted by molar-refractivity contribution is 7.14. The summed E-state index contributed by atoms with van der Waals surface area (Å²) in [6, 6.07) is 7.56. The summed E-state index contributed by atoms with van der Waals surface area (Å²) in [5.41, 5.74) is 7.59. The molecule has 0 fully saturated rings. The van der Waals surface area contributed by atoms with Gasteiger partial charge in [0.2, 0.25) is 0 Å². The van der Waals surface area contributed by atoms with Gasteiger partial charge in [-0.3, -0.25) is 4.99 Å². The lowest BCUT2D eigenvalue weighted by Crippen LogP contribution is -2.22. The first kappa shape index (κ1) is 12.9. The van der Waals surface area contributed by atoms with Gasteiger partial charge in [-0.25, -0.2) is 4.98 Å². The number of nitrogens with zero attached hydrogens (tertiary/aromatic N) is 2. The van der Waals surface area contributed by atoms with Gasteiger partial charge in [0.1, 0.15) is 0 Å². The Morgan fingerprint density at radius 1 is 1.44 bits per heavy atom. The molecular weight excluding hydrogens is 268 g/mol. The Balaban J connectivity index is 2.15. The van der Waals surface area contributed by atoms with Gasteiger partial charge in [-0.15, -0.1) is 11.3 Å². The minimum Gasteiger partial charge on any atom is -0.370 e.